The van der Waals surface area contributed by atoms with Gasteiger partial charge in [-0.05, 0) is 18.8 Å². The first-order valence-corrected chi connectivity index (χ1v) is 3.89. The lowest BCUT2D eigenvalue weighted by atomic mass is 9.80. The van der Waals surface area contributed by atoms with E-state index < -0.39 is 0 Å². The first-order valence-electron chi connectivity index (χ1n) is 3.89. The quantitative estimate of drug-likeness (QED) is 0.549. The van der Waals surface area contributed by atoms with Crippen molar-refractivity contribution in [3.8, 4) is 0 Å². The molecule has 0 spiro atoms. The Kier molecular flexibility index (Phi) is 2.30. The molecular weight excluding hydrogens is 128 g/mol. The van der Waals surface area contributed by atoms with Gasteiger partial charge in [0.2, 0.25) is 0 Å². The predicted molar refractivity (Wildman–Crippen MR) is 38.6 cm³/mol. The van der Waals surface area contributed by atoms with E-state index in [0.29, 0.717) is 0 Å². The number of carbonyl (C=O) groups excluding carboxylic acids is 1. The average molecular weight is 142 g/mol. The van der Waals surface area contributed by atoms with Crippen LogP contribution in [0.4, 0.5) is 0 Å². The third-order valence-corrected chi connectivity index (χ3v) is 2.10. The van der Waals surface area contributed by atoms with E-state index in [4.69, 9.17) is 4.74 Å². The fourth-order valence-electron chi connectivity index (χ4n) is 1.34. The summed E-state index contributed by atoms with van der Waals surface area (Å²) in [5.41, 5.74) is 0. The monoisotopic (exact) mass is 142 g/mol. The van der Waals surface area contributed by atoms with Crippen molar-refractivity contribution in [2.45, 2.75) is 39.2 Å². The third-order valence-electron chi connectivity index (χ3n) is 2.10. The molecule has 0 heterocycles. The number of rotatable bonds is 2. The summed E-state index contributed by atoms with van der Waals surface area (Å²) in [6, 6.07) is 0. The van der Waals surface area contributed by atoms with E-state index in [1.807, 2.05) is 0 Å². The van der Waals surface area contributed by atoms with Crippen LogP contribution in [0.3, 0.4) is 0 Å². The Morgan fingerprint density at radius 1 is 1.60 bits per heavy atom. The topological polar surface area (TPSA) is 26.3 Å². The van der Waals surface area contributed by atoms with Crippen molar-refractivity contribution in [2.24, 2.45) is 5.92 Å². The molecule has 0 radical (unpaired) electrons. The second kappa shape index (κ2) is 3.04. The van der Waals surface area contributed by atoms with Crippen molar-refractivity contribution in [1.82, 2.24) is 0 Å². The molecule has 10 heavy (non-hydrogen) atoms. The molecule has 58 valence electrons. The molecule has 0 N–H and O–H groups in total. The Bertz CT molecular complexity index is 125. The maximum Gasteiger partial charge on any atom is 0.302 e. The molecule has 0 aromatic rings. The zero-order valence-corrected chi connectivity index (χ0v) is 6.59. The minimum Gasteiger partial charge on any atom is -0.463 e. The molecule has 1 fully saturated rings. The first-order chi connectivity index (χ1) is 4.72. The molecule has 0 aromatic carbocycles. The van der Waals surface area contributed by atoms with Gasteiger partial charge in [-0.15, -0.1) is 0 Å². The summed E-state index contributed by atoms with van der Waals surface area (Å²) >= 11 is 0. The molecule has 1 aliphatic rings. The lowest BCUT2D eigenvalue weighted by Gasteiger charge is -2.33. The highest BCUT2D eigenvalue weighted by Gasteiger charge is 2.29. The largest absolute Gasteiger partial charge is 0.463 e. The van der Waals surface area contributed by atoms with E-state index in [2.05, 4.69) is 6.92 Å². The van der Waals surface area contributed by atoms with Crippen LogP contribution >= 0.6 is 0 Å². The van der Waals surface area contributed by atoms with Gasteiger partial charge in [-0.1, -0.05) is 13.3 Å². The number of hydrogen-bond acceptors (Lipinski definition) is 2. The summed E-state index contributed by atoms with van der Waals surface area (Å²) in [5.74, 6) is 0.670. The summed E-state index contributed by atoms with van der Waals surface area (Å²) in [6.07, 6.45) is 3.62. The van der Waals surface area contributed by atoms with E-state index >= 15 is 0 Å². The molecule has 1 rings (SSSR count). The van der Waals surface area contributed by atoms with Gasteiger partial charge < -0.3 is 4.74 Å². The molecular formula is C8H14O2. The van der Waals surface area contributed by atoms with Crippen LogP contribution < -0.4 is 0 Å². The molecule has 0 unspecified atom stereocenters. The fraction of sp³-hybridized carbons (Fsp3) is 0.875. The normalized spacial score (nSPS) is 31.0. The molecule has 2 heteroatoms. The van der Waals surface area contributed by atoms with Crippen molar-refractivity contribution in [3.63, 3.8) is 0 Å². The number of hydrogen-bond donors (Lipinski definition) is 0. The second-order valence-electron chi connectivity index (χ2n) is 2.98. The highest BCUT2D eigenvalue weighted by atomic mass is 16.5. The first kappa shape index (κ1) is 7.58. The van der Waals surface area contributed by atoms with Gasteiger partial charge in [0, 0.05) is 6.92 Å². The Balaban J connectivity index is 2.08. The Labute approximate surface area is 61.6 Å². The minimum absolute atomic E-state index is 0.139. The van der Waals surface area contributed by atoms with Gasteiger partial charge in [0.15, 0.2) is 0 Å². The van der Waals surface area contributed by atoms with E-state index in [0.717, 1.165) is 18.8 Å². The van der Waals surface area contributed by atoms with Gasteiger partial charge in [0.1, 0.15) is 6.10 Å². The maximum absolute atomic E-state index is 10.4. The fourth-order valence-corrected chi connectivity index (χ4v) is 1.34. The van der Waals surface area contributed by atoms with Crippen LogP contribution in [0.2, 0.25) is 0 Å². The van der Waals surface area contributed by atoms with Crippen LogP contribution in [0.15, 0.2) is 0 Å². The highest BCUT2D eigenvalue weighted by molar-refractivity contribution is 5.66. The van der Waals surface area contributed by atoms with Crippen LogP contribution in [0.1, 0.15) is 33.1 Å². The predicted octanol–water partition coefficient (Wildman–Crippen LogP) is 1.74. The molecule has 0 bridgehead atoms. The van der Waals surface area contributed by atoms with Gasteiger partial charge in [-0.3, -0.25) is 4.79 Å². The van der Waals surface area contributed by atoms with Crippen molar-refractivity contribution < 1.29 is 9.53 Å². The van der Waals surface area contributed by atoms with Crippen molar-refractivity contribution in [2.75, 3.05) is 0 Å². The van der Waals surface area contributed by atoms with Crippen molar-refractivity contribution in [1.29, 1.82) is 0 Å². The van der Waals surface area contributed by atoms with Gasteiger partial charge in [0.25, 0.3) is 0 Å². The van der Waals surface area contributed by atoms with Crippen LogP contribution in [-0.4, -0.2) is 12.1 Å². The van der Waals surface area contributed by atoms with Crippen LogP contribution in [0.5, 0.6) is 0 Å². The zero-order chi connectivity index (χ0) is 7.56. The lowest BCUT2D eigenvalue weighted by molar-refractivity contribution is -0.152. The Morgan fingerprint density at radius 3 is 2.60 bits per heavy atom. The molecule has 0 amide bonds. The van der Waals surface area contributed by atoms with Crippen LogP contribution in [0.25, 0.3) is 0 Å². The number of carbonyl (C=O) groups is 1. The van der Waals surface area contributed by atoms with Crippen LogP contribution in [-0.2, 0) is 9.53 Å². The Hall–Kier alpha value is -0.530. The molecule has 0 aromatic heterocycles. The molecule has 1 saturated carbocycles. The summed E-state index contributed by atoms with van der Waals surface area (Å²) in [5, 5.41) is 0. The van der Waals surface area contributed by atoms with E-state index in [9.17, 15) is 4.79 Å². The summed E-state index contributed by atoms with van der Waals surface area (Å²) in [7, 11) is 0. The SMILES string of the molecule is CCC1CC(OC(C)=O)C1. The van der Waals surface area contributed by atoms with E-state index in [-0.39, 0.29) is 12.1 Å². The number of ether oxygens (including phenoxy) is 1. The van der Waals surface area contributed by atoms with Crippen LogP contribution in [0, 0.1) is 5.92 Å². The maximum atomic E-state index is 10.4. The summed E-state index contributed by atoms with van der Waals surface area (Å²) in [4.78, 5) is 10.4. The molecule has 2 nitrogen and oxygen atoms in total. The van der Waals surface area contributed by atoms with Gasteiger partial charge in [0.05, 0.1) is 0 Å². The second-order valence-corrected chi connectivity index (χ2v) is 2.98. The smallest absolute Gasteiger partial charge is 0.302 e. The zero-order valence-electron chi connectivity index (χ0n) is 6.59. The van der Waals surface area contributed by atoms with Gasteiger partial charge >= 0.3 is 5.97 Å². The standard InChI is InChI=1S/C8H14O2/c1-3-7-4-8(5-7)10-6(2)9/h7-8H,3-5H2,1-2H3. The van der Waals surface area contributed by atoms with Gasteiger partial charge in [-0.2, -0.15) is 0 Å². The molecule has 0 aliphatic heterocycles. The lowest BCUT2D eigenvalue weighted by Crippen LogP contribution is -2.32. The summed E-state index contributed by atoms with van der Waals surface area (Å²) < 4.78 is 4.98. The van der Waals surface area contributed by atoms with E-state index in [1.165, 1.54) is 13.3 Å². The molecule has 0 atom stereocenters. The average Bonchev–Trinajstić information content (AvgIpc) is 1.76. The molecule has 0 saturated heterocycles. The third kappa shape index (κ3) is 1.72. The Morgan fingerprint density at radius 2 is 2.20 bits per heavy atom. The highest BCUT2D eigenvalue weighted by Crippen LogP contribution is 2.32. The number of esters is 1. The summed E-state index contributed by atoms with van der Waals surface area (Å²) in [6.45, 7) is 3.65. The minimum atomic E-state index is -0.139. The van der Waals surface area contributed by atoms with Crippen molar-refractivity contribution >= 4 is 5.97 Å². The van der Waals surface area contributed by atoms with Gasteiger partial charge in [-0.25, -0.2) is 0 Å². The van der Waals surface area contributed by atoms with E-state index in [1.54, 1.807) is 0 Å². The van der Waals surface area contributed by atoms with Crippen molar-refractivity contribution in [3.05, 3.63) is 0 Å². The molecule has 1 aliphatic carbocycles.